The van der Waals surface area contributed by atoms with Gasteiger partial charge < -0.3 is 10.0 Å². The van der Waals surface area contributed by atoms with E-state index in [-0.39, 0.29) is 5.75 Å². The van der Waals surface area contributed by atoms with E-state index in [1.54, 1.807) is 6.07 Å². The van der Waals surface area contributed by atoms with Crippen molar-refractivity contribution in [2.45, 2.75) is 13.8 Å². The number of rotatable bonds is 5. The zero-order chi connectivity index (χ0) is 23.5. The first-order valence-electron chi connectivity index (χ1n) is 11.5. The van der Waals surface area contributed by atoms with E-state index < -0.39 is 0 Å². The Morgan fingerprint density at radius 1 is 0.500 bits per heavy atom. The van der Waals surface area contributed by atoms with Gasteiger partial charge in [0, 0.05) is 22.6 Å². The highest BCUT2D eigenvalue weighted by Crippen LogP contribution is 2.43. The molecule has 0 saturated heterocycles. The van der Waals surface area contributed by atoms with E-state index in [4.69, 9.17) is 0 Å². The average Bonchev–Trinajstić information content (AvgIpc) is 2.88. The lowest BCUT2D eigenvalue weighted by molar-refractivity contribution is 0.477. The summed E-state index contributed by atoms with van der Waals surface area (Å²) in [6, 6.07) is 41.3. The minimum Gasteiger partial charge on any atom is -0.507 e. The highest BCUT2D eigenvalue weighted by Gasteiger charge is 2.19. The first kappa shape index (κ1) is 21.5. The normalized spacial score (nSPS) is 10.8. The minimum atomic E-state index is 0.265. The molecule has 0 heterocycles. The van der Waals surface area contributed by atoms with Crippen molar-refractivity contribution in [3.63, 3.8) is 0 Å². The molecule has 0 aromatic heterocycles. The Kier molecular flexibility index (Phi) is 5.88. The molecule has 0 saturated carbocycles. The molecule has 5 aromatic rings. The number of anilines is 3. The second-order valence-electron chi connectivity index (χ2n) is 8.52. The van der Waals surface area contributed by atoms with Gasteiger partial charge in [-0.15, -0.1) is 0 Å². The third kappa shape index (κ3) is 4.06. The van der Waals surface area contributed by atoms with Gasteiger partial charge in [0.1, 0.15) is 5.75 Å². The predicted molar refractivity (Wildman–Crippen MR) is 143 cm³/mol. The van der Waals surface area contributed by atoms with Crippen LogP contribution in [-0.4, -0.2) is 5.11 Å². The van der Waals surface area contributed by atoms with Crippen molar-refractivity contribution in [1.82, 2.24) is 0 Å². The average molecular weight is 442 g/mol. The monoisotopic (exact) mass is 441 g/mol. The molecule has 2 heteroatoms. The number of hydrogen-bond acceptors (Lipinski definition) is 2. The molecular weight excluding hydrogens is 414 g/mol. The summed E-state index contributed by atoms with van der Waals surface area (Å²) < 4.78 is 0. The summed E-state index contributed by atoms with van der Waals surface area (Å²) in [6.45, 7) is 4.26. The summed E-state index contributed by atoms with van der Waals surface area (Å²) in [5, 5.41) is 11.0. The summed E-state index contributed by atoms with van der Waals surface area (Å²) in [4.78, 5) is 2.28. The molecule has 0 aliphatic heterocycles. The quantitative estimate of drug-likeness (QED) is 0.294. The molecule has 0 bridgehead atoms. The maximum Gasteiger partial charge on any atom is 0.123 e. The first-order chi connectivity index (χ1) is 16.6. The number of benzene rings is 5. The number of aromatic hydroxyl groups is 1. The van der Waals surface area contributed by atoms with E-state index in [0.29, 0.717) is 0 Å². The molecule has 0 fully saturated rings. The van der Waals surface area contributed by atoms with Crippen LogP contribution in [0, 0.1) is 13.8 Å². The lowest BCUT2D eigenvalue weighted by atomic mass is 9.93. The smallest absolute Gasteiger partial charge is 0.123 e. The van der Waals surface area contributed by atoms with Gasteiger partial charge in [0.25, 0.3) is 0 Å². The summed E-state index contributed by atoms with van der Waals surface area (Å²) in [5.74, 6) is 0.265. The summed E-state index contributed by atoms with van der Waals surface area (Å²) in [7, 11) is 0. The van der Waals surface area contributed by atoms with Crippen molar-refractivity contribution in [2.24, 2.45) is 0 Å². The number of aryl methyl sites for hydroxylation is 2. The summed E-state index contributed by atoms with van der Waals surface area (Å²) in [6.07, 6.45) is 0. The van der Waals surface area contributed by atoms with E-state index in [0.717, 1.165) is 39.3 Å². The van der Waals surface area contributed by atoms with Gasteiger partial charge in [-0.2, -0.15) is 0 Å². The Hall–Kier alpha value is -4.30. The van der Waals surface area contributed by atoms with Crippen molar-refractivity contribution in [2.75, 3.05) is 4.90 Å². The Bertz CT molecular complexity index is 1390. The van der Waals surface area contributed by atoms with Gasteiger partial charge in [0.2, 0.25) is 0 Å². The standard InChI is InChI=1S/C32H27NO/c1-23-12-6-10-18-30(23)33(31-19-11-7-13-24(31)2)26-20-21-32(34)29(22-26)28-17-9-8-16-27(28)25-14-4-3-5-15-25/h3-22,34H,1-2H3. The molecule has 34 heavy (non-hydrogen) atoms. The van der Waals surface area contributed by atoms with Crippen LogP contribution in [0.25, 0.3) is 22.3 Å². The first-order valence-corrected chi connectivity index (χ1v) is 11.5. The molecule has 5 rings (SSSR count). The number of phenolic OH excluding ortho intramolecular Hbond substituents is 1. The molecule has 0 spiro atoms. The van der Waals surface area contributed by atoms with Crippen molar-refractivity contribution >= 4 is 17.1 Å². The highest BCUT2D eigenvalue weighted by atomic mass is 16.3. The number of phenols is 1. The second kappa shape index (κ2) is 9.29. The van der Waals surface area contributed by atoms with Crippen molar-refractivity contribution < 1.29 is 5.11 Å². The summed E-state index contributed by atoms with van der Waals surface area (Å²) >= 11 is 0. The van der Waals surface area contributed by atoms with E-state index >= 15 is 0 Å². The van der Waals surface area contributed by atoms with Crippen LogP contribution in [0.5, 0.6) is 5.75 Å². The SMILES string of the molecule is Cc1ccccc1N(c1ccc(O)c(-c2ccccc2-c2ccccc2)c1)c1ccccc1C. The van der Waals surface area contributed by atoms with E-state index in [2.05, 4.69) is 97.6 Å². The van der Waals surface area contributed by atoms with E-state index in [9.17, 15) is 5.11 Å². The van der Waals surface area contributed by atoms with Gasteiger partial charge in [-0.3, -0.25) is 0 Å². The van der Waals surface area contributed by atoms with Crippen LogP contribution in [-0.2, 0) is 0 Å². The van der Waals surface area contributed by atoms with E-state index in [1.165, 1.54) is 11.1 Å². The van der Waals surface area contributed by atoms with Gasteiger partial charge in [-0.1, -0.05) is 91.0 Å². The fourth-order valence-corrected chi connectivity index (χ4v) is 4.50. The van der Waals surface area contributed by atoms with Crippen LogP contribution in [0.3, 0.4) is 0 Å². The van der Waals surface area contributed by atoms with Crippen molar-refractivity contribution in [1.29, 1.82) is 0 Å². The van der Waals surface area contributed by atoms with Crippen LogP contribution in [0.2, 0.25) is 0 Å². The Balaban J connectivity index is 1.72. The van der Waals surface area contributed by atoms with Crippen LogP contribution < -0.4 is 4.90 Å². The molecule has 166 valence electrons. The molecule has 2 nitrogen and oxygen atoms in total. The van der Waals surface area contributed by atoms with Gasteiger partial charge >= 0.3 is 0 Å². The number of nitrogens with zero attached hydrogens (tertiary/aromatic N) is 1. The maximum absolute atomic E-state index is 11.0. The third-order valence-corrected chi connectivity index (χ3v) is 6.25. The molecular formula is C32H27NO. The highest BCUT2D eigenvalue weighted by molar-refractivity contribution is 5.89. The predicted octanol–water partition coefficient (Wildman–Crippen LogP) is 8.81. The molecule has 5 aromatic carbocycles. The molecule has 0 aliphatic carbocycles. The third-order valence-electron chi connectivity index (χ3n) is 6.25. The fourth-order valence-electron chi connectivity index (χ4n) is 4.50. The molecule has 0 unspecified atom stereocenters. The largest absolute Gasteiger partial charge is 0.507 e. The van der Waals surface area contributed by atoms with Gasteiger partial charge in [-0.25, -0.2) is 0 Å². The minimum absolute atomic E-state index is 0.265. The maximum atomic E-state index is 11.0. The molecule has 0 aliphatic rings. The van der Waals surface area contributed by atoms with Gasteiger partial charge in [0.15, 0.2) is 0 Å². The Labute approximate surface area is 201 Å². The van der Waals surface area contributed by atoms with Crippen LogP contribution in [0.4, 0.5) is 17.1 Å². The molecule has 0 atom stereocenters. The number of para-hydroxylation sites is 2. The fraction of sp³-hybridized carbons (Fsp3) is 0.0625. The zero-order valence-corrected chi connectivity index (χ0v) is 19.4. The van der Waals surface area contributed by atoms with Crippen LogP contribution in [0.15, 0.2) is 121 Å². The van der Waals surface area contributed by atoms with Crippen molar-refractivity contribution in [3.05, 3.63) is 132 Å². The number of hydrogen-bond donors (Lipinski definition) is 1. The van der Waals surface area contributed by atoms with Crippen LogP contribution >= 0.6 is 0 Å². The lowest BCUT2D eigenvalue weighted by Crippen LogP contribution is -2.12. The Morgan fingerprint density at radius 2 is 1.03 bits per heavy atom. The lowest BCUT2D eigenvalue weighted by Gasteiger charge is -2.29. The second-order valence-corrected chi connectivity index (χ2v) is 8.52. The molecule has 1 N–H and O–H groups in total. The van der Waals surface area contributed by atoms with Gasteiger partial charge in [0.05, 0.1) is 0 Å². The zero-order valence-electron chi connectivity index (χ0n) is 19.4. The Morgan fingerprint density at radius 3 is 1.65 bits per heavy atom. The van der Waals surface area contributed by atoms with Crippen molar-refractivity contribution in [3.8, 4) is 28.0 Å². The van der Waals surface area contributed by atoms with Gasteiger partial charge in [-0.05, 0) is 72.0 Å². The van der Waals surface area contributed by atoms with Crippen LogP contribution in [0.1, 0.15) is 11.1 Å². The topological polar surface area (TPSA) is 23.5 Å². The molecule has 0 radical (unpaired) electrons. The van der Waals surface area contributed by atoms with E-state index in [1.807, 2.05) is 36.4 Å². The summed E-state index contributed by atoms with van der Waals surface area (Å²) in [5.41, 5.74) is 9.63. The molecule has 0 amide bonds.